The van der Waals surface area contributed by atoms with Gasteiger partial charge in [-0.05, 0) is 118 Å². The third-order valence-corrected chi connectivity index (χ3v) is 10.9. The first-order chi connectivity index (χ1) is 22.3. The summed E-state index contributed by atoms with van der Waals surface area (Å²) < 4.78 is 9.89. The van der Waals surface area contributed by atoms with Gasteiger partial charge in [-0.15, -0.1) is 5.75 Å². The summed E-state index contributed by atoms with van der Waals surface area (Å²) in [6.45, 7) is 45.3. The molecule has 51 heavy (non-hydrogen) atoms. The fourth-order valence-corrected chi connectivity index (χ4v) is 6.01. The molecule has 0 atom stereocenters. The maximum absolute atomic E-state index is 12.7. The van der Waals surface area contributed by atoms with Crippen molar-refractivity contribution in [2.75, 3.05) is 26.4 Å². The smallest absolute Gasteiger partial charge is 0.872 e. The number of hydrogen-bond donors (Lipinski definition) is 0. The standard InChI is InChI=1S/C18H30O.2C10H15.2C4H8O.K.Sm/c1-16(2,3)12-10-13(17(4,5)6)15(19)14(11-12)18(7,8)9;2*1-6-7(2)9(4)10(5)8(6)3;2*1-2-4-5-3-1;;/h10-11,19H,1-9H3;2*1-5H3;2*1-4H2;;/q;;;;;+1;/p-1. The van der Waals surface area contributed by atoms with Crippen LogP contribution >= 0.6 is 0 Å². The number of ether oxygens (including phenoxy) is 2. The molecule has 284 valence electrons. The van der Waals surface area contributed by atoms with Crippen LogP contribution in [0.15, 0.2) is 12.1 Å². The van der Waals surface area contributed by atoms with Crippen molar-refractivity contribution < 1.29 is 106 Å². The largest absolute Gasteiger partial charge is 1.00 e. The predicted octanol–water partition coefficient (Wildman–Crippen LogP) is 9.19. The molecule has 3 nitrogen and oxygen atoms in total. The van der Waals surface area contributed by atoms with Gasteiger partial charge < -0.3 is 14.6 Å². The van der Waals surface area contributed by atoms with E-state index in [2.05, 4.69) is 144 Å². The van der Waals surface area contributed by atoms with Crippen LogP contribution in [-0.2, 0) is 25.7 Å². The van der Waals surface area contributed by atoms with Gasteiger partial charge in [-0.3, -0.25) is 0 Å². The minimum Gasteiger partial charge on any atom is -0.872 e. The normalized spacial score (nSPS) is 21.0. The SMILES string of the molecule is C1CCOC1.C1CCOC1.CC(C)(C)c1cc(C(C)(C)C)c([O-])c(C(C)(C)C)c1.C[C]1[C](C)[C](C)[C](C)[C]1C.C[C]1[C](C)[C](C)[C](C)[C]1C.[K+].[Sm]. The molecule has 10 radical (unpaired) electrons. The Balaban J connectivity index is 0. The third kappa shape index (κ3) is 17.5. The molecule has 1 aromatic rings. The van der Waals surface area contributed by atoms with Crippen LogP contribution in [0.2, 0.25) is 0 Å². The molecule has 0 unspecified atom stereocenters. The van der Waals surface area contributed by atoms with Gasteiger partial charge >= 0.3 is 51.4 Å². The van der Waals surface area contributed by atoms with Gasteiger partial charge in [-0.25, -0.2) is 0 Å². The molecule has 2 aliphatic heterocycles. The molecule has 0 aromatic heterocycles. The molecule has 4 aliphatic rings. The molecule has 2 saturated heterocycles. The van der Waals surface area contributed by atoms with Crippen LogP contribution in [0, 0.1) is 99.6 Å². The van der Waals surface area contributed by atoms with Crippen molar-refractivity contribution >= 4 is 0 Å². The molecular weight excluding hydrogens is 790 g/mol. The number of rotatable bonds is 0. The van der Waals surface area contributed by atoms with Crippen molar-refractivity contribution in [1.29, 1.82) is 0 Å². The molecule has 5 rings (SSSR count). The van der Waals surface area contributed by atoms with Gasteiger partial charge in [-0.1, -0.05) is 144 Å². The van der Waals surface area contributed by atoms with Crippen LogP contribution in [0.4, 0.5) is 0 Å². The Hall–Kier alpha value is 1.91. The molecule has 0 bridgehead atoms. The molecule has 0 amide bonds. The van der Waals surface area contributed by atoms with Crippen LogP contribution in [0.5, 0.6) is 5.75 Å². The topological polar surface area (TPSA) is 41.5 Å². The summed E-state index contributed by atoms with van der Waals surface area (Å²) in [6, 6.07) is 4.22. The molecule has 5 heteroatoms. The molecule has 1 aromatic carbocycles. The summed E-state index contributed by atoms with van der Waals surface area (Å²) in [5.41, 5.74) is 2.96. The second kappa shape index (κ2) is 24.6. The van der Waals surface area contributed by atoms with E-state index in [-0.39, 0.29) is 114 Å². The van der Waals surface area contributed by atoms with Crippen LogP contribution in [0.3, 0.4) is 0 Å². The van der Waals surface area contributed by atoms with Gasteiger partial charge in [0.1, 0.15) is 0 Å². The second-order valence-electron chi connectivity index (χ2n) is 17.5. The summed E-state index contributed by atoms with van der Waals surface area (Å²) in [7, 11) is 0. The van der Waals surface area contributed by atoms with Crippen LogP contribution < -0.4 is 56.5 Å². The Morgan fingerprint density at radius 2 is 0.608 bits per heavy atom. The van der Waals surface area contributed by atoms with E-state index >= 15 is 0 Å². The Kier molecular flexibility index (Phi) is 26.6. The zero-order valence-electron chi connectivity index (χ0n) is 36.9. The van der Waals surface area contributed by atoms with Gasteiger partial charge in [0.05, 0.1) is 0 Å². The van der Waals surface area contributed by atoms with Crippen molar-refractivity contribution in [2.24, 2.45) is 0 Å². The monoisotopic (exact) mass is 866 g/mol. The zero-order valence-corrected chi connectivity index (χ0v) is 42.7. The van der Waals surface area contributed by atoms with Gasteiger partial charge in [0.2, 0.25) is 0 Å². The second-order valence-corrected chi connectivity index (χ2v) is 17.5. The quantitative estimate of drug-likeness (QED) is 0.245. The van der Waals surface area contributed by atoms with Crippen LogP contribution in [-0.4, -0.2) is 26.4 Å². The Morgan fingerprint density at radius 3 is 0.725 bits per heavy atom. The Labute approximate surface area is 395 Å². The third-order valence-electron chi connectivity index (χ3n) is 10.9. The minimum absolute atomic E-state index is 0. The average molecular weight is 866 g/mol. The minimum atomic E-state index is -0.113. The molecule has 2 heterocycles. The summed E-state index contributed by atoms with van der Waals surface area (Å²) in [6.07, 6.45) is 5.11. The number of benzene rings is 1. The maximum atomic E-state index is 12.7. The Bertz CT molecular complexity index is 896. The van der Waals surface area contributed by atoms with Crippen molar-refractivity contribution in [1.82, 2.24) is 0 Å². The van der Waals surface area contributed by atoms with E-state index in [0.717, 1.165) is 37.6 Å². The summed E-state index contributed by atoms with van der Waals surface area (Å²) in [4.78, 5) is 0. The first kappa shape index (κ1) is 55.0. The van der Waals surface area contributed by atoms with Crippen LogP contribution in [0.25, 0.3) is 0 Å². The van der Waals surface area contributed by atoms with Gasteiger partial charge in [-0.2, -0.15) is 0 Å². The molecule has 4 fully saturated rings. The van der Waals surface area contributed by atoms with Crippen molar-refractivity contribution in [3.63, 3.8) is 0 Å². The fourth-order valence-electron chi connectivity index (χ4n) is 6.01. The van der Waals surface area contributed by atoms with Crippen molar-refractivity contribution in [2.45, 2.75) is 173 Å². The maximum Gasteiger partial charge on any atom is 1.00 e. The van der Waals surface area contributed by atoms with Crippen molar-refractivity contribution in [3.05, 3.63) is 88.0 Å². The van der Waals surface area contributed by atoms with E-state index in [1.165, 1.54) is 90.4 Å². The molecule has 0 N–H and O–H groups in total. The van der Waals surface area contributed by atoms with Gasteiger partial charge in [0, 0.05) is 66.8 Å². The summed E-state index contributed by atoms with van der Waals surface area (Å²) >= 11 is 0. The zero-order chi connectivity index (χ0) is 38.1. The van der Waals surface area contributed by atoms with E-state index in [1.54, 1.807) is 0 Å². The molecule has 0 spiro atoms. The van der Waals surface area contributed by atoms with Gasteiger partial charge in [0.25, 0.3) is 0 Å². The van der Waals surface area contributed by atoms with E-state index in [1.807, 2.05) is 0 Å². The average Bonchev–Trinajstić information content (AvgIpc) is 3.84. The number of hydrogen-bond acceptors (Lipinski definition) is 3. The molecular formula is C46H75KO3Sm. The first-order valence-corrected chi connectivity index (χ1v) is 18.8. The fraction of sp³-hybridized carbons (Fsp3) is 0.652. The van der Waals surface area contributed by atoms with E-state index in [0.29, 0.717) is 0 Å². The first-order valence-electron chi connectivity index (χ1n) is 18.8. The Morgan fingerprint density at radius 1 is 0.412 bits per heavy atom. The van der Waals surface area contributed by atoms with Gasteiger partial charge in [0.15, 0.2) is 0 Å². The molecule has 2 aliphatic carbocycles. The summed E-state index contributed by atoms with van der Waals surface area (Å²) in [5.74, 6) is 14.9. The van der Waals surface area contributed by atoms with E-state index in [4.69, 9.17) is 9.47 Å². The predicted molar refractivity (Wildman–Crippen MR) is 211 cm³/mol. The van der Waals surface area contributed by atoms with Crippen LogP contribution in [0.1, 0.15) is 174 Å². The van der Waals surface area contributed by atoms with Crippen molar-refractivity contribution in [3.8, 4) is 5.75 Å². The summed E-state index contributed by atoms with van der Waals surface area (Å²) in [5, 5.41) is 12.7. The van der Waals surface area contributed by atoms with E-state index < -0.39 is 0 Å². The molecule has 2 saturated carbocycles. The van der Waals surface area contributed by atoms with E-state index in [9.17, 15) is 5.11 Å².